The first-order valence-corrected chi connectivity index (χ1v) is 7.83. The molecule has 0 radical (unpaired) electrons. The van der Waals surface area contributed by atoms with Crippen LogP contribution in [-0.2, 0) is 0 Å². The van der Waals surface area contributed by atoms with Crippen molar-refractivity contribution in [2.45, 2.75) is 31.3 Å². The monoisotopic (exact) mass is 428 g/mol. The van der Waals surface area contributed by atoms with Crippen LogP contribution >= 0.6 is 35.0 Å². The van der Waals surface area contributed by atoms with Crippen LogP contribution < -0.4 is 5.32 Å². The maximum atomic E-state index is 13.4. The minimum atomic E-state index is -0.964. The third kappa shape index (κ3) is 3.17. The average Bonchev–Trinajstić information content (AvgIpc) is 2.66. The van der Waals surface area contributed by atoms with Gasteiger partial charge in [-0.15, -0.1) is 12.4 Å². The molecule has 0 aromatic heterocycles. The summed E-state index contributed by atoms with van der Waals surface area (Å²) in [5.41, 5.74) is 0.267. The number of rotatable bonds is 1. The number of amides is 1. The molecule has 1 aromatic carbocycles. The first-order valence-electron chi connectivity index (χ1n) is 6.76. The van der Waals surface area contributed by atoms with E-state index in [4.69, 9.17) is 0 Å². The number of fused-ring (bicyclic) bond motifs is 2. The maximum Gasteiger partial charge on any atom is 0.255 e. The number of benzene rings is 1. The van der Waals surface area contributed by atoms with E-state index in [-0.39, 0.29) is 36.0 Å². The standard InChI is InChI=1S/C14H15F2IN2O.ClH/c15-11-5-10(13(17)6-12(11)16)14(20)19-8-1-2-9(19)7-18-4-3-8;/h5-6,8-9,18H,1-4,7H2;1H. The van der Waals surface area contributed by atoms with E-state index in [0.29, 0.717) is 3.57 Å². The van der Waals surface area contributed by atoms with Crippen LogP contribution in [0, 0.1) is 15.2 Å². The van der Waals surface area contributed by atoms with Crippen molar-refractivity contribution in [1.29, 1.82) is 0 Å². The highest BCUT2D eigenvalue weighted by atomic mass is 127. The van der Waals surface area contributed by atoms with E-state index >= 15 is 0 Å². The zero-order chi connectivity index (χ0) is 14.3. The molecule has 1 N–H and O–H groups in total. The van der Waals surface area contributed by atoms with E-state index in [9.17, 15) is 13.6 Å². The fraction of sp³-hybridized carbons (Fsp3) is 0.500. The van der Waals surface area contributed by atoms with Gasteiger partial charge >= 0.3 is 0 Å². The first kappa shape index (κ1) is 16.9. The van der Waals surface area contributed by atoms with E-state index in [2.05, 4.69) is 5.32 Å². The average molecular weight is 429 g/mol. The number of nitrogens with zero attached hydrogens (tertiary/aromatic N) is 1. The molecule has 2 heterocycles. The van der Waals surface area contributed by atoms with E-state index in [1.165, 1.54) is 0 Å². The summed E-state index contributed by atoms with van der Waals surface area (Å²) in [5.74, 6) is -2.05. The summed E-state index contributed by atoms with van der Waals surface area (Å²) in [6.07, 6.45) is 2.89. The second kappa shape index (κ2) is 6.75. The summed E-state index contributed by atoms with van der Waals surface area (Å²) in [5, 5.41) is 3.32. The number of halogens is 4. The summed E-state index contributed by atoms with van der Waals surface area (Å²) in [6.45, 7) is 1.68. The Bertz CT molecular complexity index is 544. The Labute approximate surface area is 142 Å². The normalized spacial score (nSPS) is 24.4. The van der Waals surface area contributed by atoms with Crippen molar-refractivity contribution in [3.8, 4) is 0 Å². The minimum Gasteiger partial charge on any atom is -0.331 e. The molecule has 2 bridgehead atoms. The zero-order valence-corrected chi connectivity index (χ0v) is 14.2. The second-order valence-corrected chi connectivity index (χ2v) is 6.50. The van der Waals surface area contributed by atoms with Crippen LogP contribution in [0.5, 0.6) is 0 Å². The zero-order valence-electron chi connectivity index (χ0n) is 11.2. The molecule has 7 heteroatoms. The Kier molecular flexibility index (Phi) is 5.43. The van der Waals surface area contributed by atoms with E-state index in [1.807, 2.05) is 27.5 Å². The Morgan fingerprint density at radius 1 is 1.19 bits per heavy atom. The van der Waals surface area contributed by atoms with Crippen LogP contribution in [-0.4, -0.2) is 36.0 Å². The molecule has 0 aliphatic carbocycles. The van der Waals surface area contributed by atoms with Crippen LogP contribution in [0.2, 0.25) is 0 Å². The summed E-state index contributed by atoms with van der Waals surface area (Å²) in [6, 6.07) is 2.49. The molecule has 2 fully saturated rings. The molecule has 2 saturated heterocycles. The molecule has 116 valence electrons. The van der Waals surface area contributed by atoms with Crippen LogP contribution in [0.3, 0.4) is 0 Å². The van der Waals surface area contributed by atoms with Crippen molar-refractivity contribution in [2.24, 2.45) is 0 Å². The van der Waals surface area contributed by atoms with Crippen molar-refractivity contribution in [1.82, 2.24) is 10.2 Å². The third-order valence-electron chi connectivity index (χ3n) is 4.13. The summed E-state index contributed by atoms with van der Waals surface area (Å²) >= 11 is 1.89. The summed E-state index contributed by atoms with van der Waals surface area (Å²) < 4.78 is 27.1. The SMILES string of the molecule is Cl.O=C(c1cc(F)c(F)cc1I)N1C2CCNCC1CC2. The highest BCUT2D eigenvalue weighted by Crippen LogP contribution is 2.31. The van der Waals surface area contributed by atoms with Gasteiger partial charge in [-0.05, 0) is 60.5 Å². The third-order valence-corrected chi connectivity index (χ3v) is 5.02. The number of hydrogen-bond donors (Lipinski definition) is 1. The lowest BCUT2D eigenvalue weighted by molar-refractivity contribution is 0.0678. The van der Waals surface area contributed by atoms with Crippen LogP contribution in [0.1, 0.15) is 29.6 Å². The quantitative estimate of drug-likeness (QED) is 0.551. The van der Waals surface area contributed by atoms with Gasteiger partial charge in [0.2, 0.25) is 0 Å². The van der Waals surface area contributed by atoms with Crippen molar-refractivity contribution in [3.05, 3.63) is 32.9 Å². The van der Waals surface area contributed by atoms with E-state index in [1.54, 1.807) is 0 Å². The molecule has 1 amide bonds. The molecular formula is C14H16ClF2IN2O. The lowest BCUT2D eigenvalue weighted by atomic mass is 10.1. The second-order valence-electron chi connectivity index (χ2n) is 5.34. The highest BCUT2D eigenvalue weighted by molar-refractivity contribution is 14.1. The number of hydrogen-bond acceptors (Lipinski definition) is 2. The first-order chi connectivity index (χ1) is 9.58. The Morgan fingerprint density at radius 3 is 2.62 bits per heavy atom. The molecule has 3 nitrogen and oxygen atoms in total. The summed E-state index contributed by atoms with van der Waals surface area (Å²) in [7, 11) is 0. The maximum absolute atomic E-state index is 13.4. The smallest absolute Gasteiger partial charge is 0.255 e. The van der Waals surface area contributed by atoms with Gasteiger partial charge in [0.25, 0.3) is 5.91 Å². The molecule has 3 rings (SSSR count). The van der Waals surface area contributed by atoms with Gasteiger partial charge in [0.1, 0.15) is 0 Å². The molecule has 0 spiro atoms. The van der Waals surface area contributed by atoms with Gasteiger partial charge in [-0.25, -0.2) is 8.78 Å². The molecule has 2 unspecified atom stereocenters. The number of nitrogens with one attached hydrogen (secondary N) is 1. The van der Waals surface area contributed by atoms with Gasteiger partial charge in [0.05, 0.1) is 5.56 Å². The van der Waals surface area contributed by atoms with Crippen molar-refractivity contribution < 1.29 is 13.6 Å². The lowest BCUT2D eigenvalue weighted by Crippen LogP contribution is -2.42. The van der Waals surface area contributed by atoms with E-state index in [0.717, 1.165) is 44.5 Å². The molecular weight excluding hydrogens is 413 g/mol. The molecule has 1 aromatic rings. The Balaban J connectivity index is 0.00000161. The van der Waals surface area contributed by atoms with Gasteiger partial charge in [-0.3, -0.25) is 4.79 Å². The van der Waals surface area contributed by atoms with Gasteiger partial charge in [0.15, 0.2) is 11.6 Å². The Morgan fingerprint density at radius 2 is 1.86 bits per heavy atom. The fourth-order valence-corrected chi connectivity index (χ4v) is 3.80. The van der Waals surface area contributed by atoms with Gasteiger partial charge in [0, 0.05) is 22.2 Å². The van der Waals surface area contributed by atoms with Crippen molar-refractivity contribution in [2.75, 3.05) is 13.1 Å². The number of carbonyl (C=O) groups excluding carboxylic acids is 1. The Hall–Kier alpha value is -0.470. The highest BCUT2D eigenvalue weighted by Gasteiger charge is 2.39. The van der Waals surface area contributed by atoms with Crippen LogP contribution in [0.15, 0.2) is 12.1 Å². The molecule has 2 atom stereocenters. The van der Waals surface area contributed by atoms with Gasteiger partial charge in [-0.1, -0.05) is 0 Å². The van der Waals surface area contributed by atoms with E-state index < -0.39 is 11.6 Å². The largest absolute Gasteiger partial charge is 0.331 e. The predicted molar refractivity (Wildman–Crippen MR) is 86.8 cm³/mol. The van der Waals surface area contributed by atoms with Gasteiger partial charge < -0.3 is 10.2 Å². The van der Waals surface area contributed by atoms with Gasteiger partial charge in [-0.2, -0.15) is 0 Å². The van der Waals surface area contributed by atoms with Crippen molar-refractivity contribution >= 4 is 40.9 Å². The molecule has 0 saturated carbocycles. The molecule has 2 aliphatic heterocycles. The minimum absolute atomic E-state index is 0. The number of carbonyl (C=O) groups is 1. The molecule has 2 aliphatic rings. The molecule has 21 heavy (non-hydrogen) atoms. The topological polar surface area (TPSA) is 32.3 Å². The summed E-state index contributed by atoms with van der Waals surface area (Å²) in [4.78, 5) is 14.6. The van der Waals surface area contributed by atoms with Crippen LogP contribution in [0.4, 0.5) is 8.78 Å². The van der Waals surface area contributed by atoms with Crippen molar-refractivity contribution in [3.63, 3.8) is 0 Å². The lowest BCUT2D eigenvalue weighted by Gasteiger charge is -2.28. The van der Waals surface area contributed by atoms with Crippen LogP contribution in [0.25, 0.3) is 0 Å². The predicted octanol–water partition coefficient (Wildman–Crippen LogP) is 2.96. The fourth-order valence-electron chi connectivity index (χ4n) is 3.14.